The highest BCUT2D eigenvalue weighted by Gasteiger charge is 2.13. The van der Waals surface area contributed by atoms with Gasteiger partial charge in [-0.1, -0.05) is 18.2 Å². The van der Waals surface area contributed by atoms with E-state index in [9.17, 15) is 0 Å². The van der Waals surface area contributed by atoms with Crippen LogP contribution in [0.5, 0.6) is 5.75 Å². The third kappa shape index (κ3) is 8.52. The lowest BCUT2D eigenvalue weighted by Crippen LogP contribution is -2.41. The van der Waals surface area contributed by atoms with Crippen LogP contribution in [0.1, 0.15) is 25.0 Å². The zero-order valence-corrected chi connectivity index (χ0v) is 18.5. The van der Waals surface area contributed by atoms with Gasteiger partial charge >= 0.3 is 0 Å². The number of halogens is 1. The van der Waals surface area contributed by atoms with Crippen LogP contribution in [0.3, 0.4) is 0 Å². The molecule has 2 aromatic rings. The molecule has 1 unspecified atom stereocenters. The Balaban J connectivity index is 0.00000280. The Bertz CT molecular complexity index is 659. The summed E-state index contributed by atoms with van der Waals surface area (Å²) in [5.41, 5.74) is 0. The number of benzene rings is 1. The van der Waals surface area contributed by atoms with E-state index in [1.165, 1.54) is 6.42 Å². The van der Waals surface area contributed by atoms with Crippen molar-refractivity contribution in [3.8, 4) is 5.75 Å². The predicted molar refractivity (Wildman–Crippen MR) is 122 cm³/mol. The number of rotatable bonds is 9. The second kappa shape index (κ2) is 13.4. The molecule has 1 aliphatic rings. The van der Waals surface area contributed by atoms with E-state index in [-0.39, 0.29) is 30.1 Å². The third-order valence-electron chi connectivity index (χ3n) is 4.38. The first-order chi connectivity index (χ1) is 13.4. The number of aliphatic imine (C=N–C) groups is 1. The van der Waals surface area contributed by atoms with Gasteiger partial charge in [0, 0.05) is 19.6 Å². The van der Waals surface area contributed by atoms with Gasteiger partial charge in [-0.15, -0.1) is 24.0 Å². The molecule has 0 radical (unpaired) electrons. The topological polar surface area (TPSA) is 68.0 Å². The van der Waals surface area contributed by atoms with Gasteiger partial charge in [-0.05, 0) is 43.5 Å². The summed E-state index contributed by atoms with van der Waals surface area (Å²) >= 11 is 0. The van der Waals surface area contributed by atoms with Crippen molar-refractivity contribution in [3.63, 3.8) is 0 Å². The van der Waals surface area contributed by atoms with Gasteiger partial charge in [-0.2, -0.15) is 0 Å². The number of furan rings is 1. The van der Waals surface area contributed by atoms with Gasteiger partial charge in [0.05, 0.1) is 25.5 Å². The van der Waals surface area contributed by atoms with Gasteiger partial charge < -0.3 is 24.5 Å². The quantitative estimate of drug-likeness (QED) is 0.239. The first-order valence-corrected chi connectivity index (χ1v) is 9.74. The van der Waals surface area contributed by atoms with E-state index in [1.807, 2.05) is 42.5 Å². The van der Waals surface area contributed by atoms with Crippen molar-refractivity contribution in [1.82, 2.24) is 10.6 Å². The van der Waals surface area contributed by atoms with E-state index in [0.29, 0.717) is 19.7 Å². The average Bonchev–Trinajstić information content (AvgIpc) is 3.24. The molecule has 1 fully saturated rings. The largest absolute Gasteiger partial charge is 0.492 e. The lowest BCUT2D eigenvalue weighted by Gasteiger charge is -2.21. The minimum Gasteiger partial charge on any atom is -0.492 e. The van der Waals surface area contributed by atoms with Crippen molar-refractivity contribution in [2.24, 2.45) is 4.99 Å². The maximum absolute atomic E-state index is 5.77. The second-order valence-electron chi connectivity index (χ2n) is 6.52. The summed E-state index contributed by atoms with van der Waals surface area (Å²) in [5, 5.41) is 6.70. The monoisotopic (exact) mass is 499 g/mol. The Morgan fingerprint density at radius 1 is 1.07 bits per heavy atom. The van der Waals surface area contributed by atoms with Crippen molar-refractivity contribution < 1.29 is 13.9 Å². The summed E-state index contributed by atoms with van der Waals surface area (Å²) < 4.78 is 16.9. The van der Waals surface area contributed by atoms with Crippen molar-refractivity contribution in [3.05, 3.63) is 54.5 Å². The third-order valence-corrected chi connectivity index (χ3v) is 4.38. The SMILES string of the molecule is I.c1ccc(OCCNC(=NCC2CCCCO2)NCCc2ccco2)cc1. The smallest absolute Gasteiger partial charge is 0.191 e. The number of hydrogen-bond acceptors (Lipinski definition) is 4. The molecule has 1 saturated heterocycles. The standard InChI is InChI=1S/C21H29N3O3.HI/c1-2-7-18(8-3-1)27-16-13-23-21(22-12-11-19-10-6-15-25-19)24-17-20-9-4-5-14-26-20;/h1-3,6-8,10,15,20H,4-5,9,11-14,16-17H2,(H2,22,23,24);1H. The Morgan fingerprint density at radius 3 is 2.68 bits per heavy atom. The van der Waals surface area contributed by atoms with Gasteiger partial charge in [0.2, 0.25) is 0 Å². The molecule has 7 heteroatoms. The van der Waals surface area contributed by atoms with Gasteiger partial charge in [0.25, 0.3) is 0 Å². The summed E-state index contributed by atoms with van der Waals surface area (Å²) in [7, 11) is 0. The number of guanidine groups is 1. The molecule has 1 atom stereocenters. The molecular weight excluding hydrogens is 469 g/mol. The predicted octanol–water partition coefficient (Wildman–Crippen LogP) is 3.62. The van der Waals surface area contributed by atoms with E-state index in [2.05, 4.69) is 10.6 Å². The fraction of sp³-hybridized carbons (Fsp3) is 0.476. The Labute approximate surface area is 184 Å². The van der Waals surface area contributed by atoms with E-state index < -0.39 is 0 Å². The van der Waals surface area contributed by atoms with Gasteiger partial charge in [-0.3, -0.25) is 4.99 Å². The van der Waals surface area contributed by atoms with Crippen LogP contribution < -0.4 is 15.4 Å². The van der Waals surface area contributed by atoms with E-state index in [1.54, 1.807) is 6.26 Å². The lowest BCUT2D eigenvalue weighted by atomic mass is 10.1. The fourth-order valence-corrected chi connectivity index (χ4v) is 2.93. The fourth-order valence-electron chi connectivity index (χ4n) is 2.93. The molecule has 0 bridgehead atoms. The highest BCUT2D eigenvalue weighted by molar-refractivity contribution is 14.0. The first kappa shape index (κ1) is 22.5. The van der Waals surface area contributed by atoms with Gasteiger partial charge in [-0.25, -0.2) is 0 Å². The van der Waals surface area contributed by atoms with Crippen LogP contribution in [0.4, 0.5) is 0 Å². The van der Waals surface area contributed by atoms with Crippen molar-refractivity contribution in [1.29, 1.82) is 0 Å². The molecule has 28 heavy (non-hydrogen) atoms. The van der Waals surface area contributed by atoms with E-state index in [4.69, 9.17) is 18.9 Å². The highest BCUT2D eigenvalue weighted by atomic mass is 127. The number of nitrogens with zero attached hydrogens (tertiary/aromatic N) is 1. The molecule has 0 spiro atoms. The number of ether oxygens (including phenoxy) is 2. The summed E-state index contributed by atoms with van der Waals surface area (Å²) in [6.45, 7) is 3.52. The number of para-hydroxylation sites is 1. The highest BCUT2D eigenvalue weighted by Crippen LogP contribution is 2.12. The molecule has 0 aliphatic carbocycles. The molecule has 1 aromatic heterocycles. The van der Waals surface area contributed by atoms with Crippen LogP contribution in [-0.4, -0.2) is 44.9 Å². The molecule has 2 heterocycles. The summed E-state index contributed by atoms with van der Waals surface area (Å²) in [6, 6.07) is 13.7. The number of hydrogen-bond donors (Lipinski definition) is 2. The summed E-state index contributed by atoms with van der Waals surface area (Å²) in [5.74, 6) is 2.62. The first-order valence-electron chi connectivity index (χ1n) is 9.74. The van der Waals surface area contributed by atoms with Crippen molar-refractivity contribution in [2.75, 3.05) is 32.8 Å². The second-order valence-corrected chi connectivity index (χ2v) is 6.52. The Hall–Kier alpha value is -1.74. The van der Waals surface area contributed by atoms with E-state index in [0.717, 1.165) is 49.9 Å². The lowest BCUT2D eigenvalue weighted by molar-refractivity contribution is 0.0224. The average molecular weight is 499 g/mol. The van der Waals surface area contributed by atoms with Gasteiger partial charge in [0.1, 0.15) is 18.1 Å². The van der Waals surface area contributed by atoms with Gasteiger partial charge in [0.15, 0.2) is 5.96 Å². The van der Waals surface area contributed by atoms with Crippen LogP contribution >= 0.6 is 24.0 Å². The molecule has 0 saturated carbocycles. The molecule has 2 N–H and O–H groups in total. The number of nitrogens with one attached hydrogen (secondary N) is 2. The summed E-state index contributed by atoms with van der Waals surface area (Å²) in [4.78, 5) is 4.69. The molecule has 1 aromatic carbocycles. The Morgan fingerprint density at radius 2 is 1.93 bits per heavy atom. The minimum absolute atomic E-state index is 0. The summed E-state index contributed by atoms with van der Waals surface area (Å²) in [6.07, 6.45) is 6.20. The molecular formula is C21H30IN3O3. The maximum Gasteiger partial charge on any atom is 0.191 e. The van der Waals surface area contributed by atoms with Crippen LogP contribution in [0.2, 0.25) is 0 Å². The van der Waals surface area contributed by atoms with Crippen LogP contribution in [-0.2, 0) is 11.2 Å². The van der Waals surface area contributed by atoms with Crippen LogP contribution in [0.25, 0.3) is 0 Å². The zero-order valence-electron chi connectivity index (χ0n) is 16.1. The molecule has 3 rings (SSSR count). The van der Waals surface area contributed by atoms with Crippen molar-refractivity contribution in [2.45, 2.75) is 31.8 Å². The van der Waals surface area contributed by atoms with E-state index >= 15 is 0 Å². The van der Waals surface area contributed by atoms with Crippen LogP contribution in [0.15, 0.2) is 58.1 Å². The van der Waals surface area contributed by atoms with Crippen LogP contribution in [0, 0.1) is 0 Å². The normalized spacial score (nSPS) is 16.9. The maximum atomic E-state index is 5.77. The molecule has 154 valence electrons. The zero-order chi connectivity index (χ0) is 18.6. The minimum atomic E-state index is 0. The molecule has 0 amide bonds. The Kier molecular flexibility index (Phi) is 10.8. The molecule has 6 nitrogen and oxygen atoms in total. The van der Waals surface area contributed by atoms with Crippen molar-refractivity contribution >= 4 is 29.9 Å². The molecule has 1 aliphatic heterocycles.